The molecule has 1 unspecified atom stereocenters. The third-order valence-corrected chi connectivity index (χ3v) is 1.95. The van der Waals surface area contributed by atoms with Gasteiger partial charge in [0.15, 0.2) is 6.33 Å². The number of imidazole rings is 1. The van der Waals surface area contributed by atoms with Crippen LogP contribution >= 0.6 is 0 Å². The van der Waals surface area contributed by atoms with Crippen LogP contribution in [-0.2, 0) is 16.0 Å². The molecule has 17 heavy (non-hydrogen) atoms. The summed E-state index contributed by atoms with van der Waals surface area (Å²) in [6, 6.07) is -1.24. The van der Waals surface area contributed by atoms with Gasteiger partial charge in [-0.25, -0.2) is 14.8 Å². The van der Waals surface area contributed by atoms with Gasteiger partial charge in [0.1, 0.15) is 11.7 Å². The first-order chi connectivity index (χ1) is 7.91. The highest BCUT2D eigenvalue weighted by atomic mass is 16.6. The van der Waals surface area contributed by atoms with Gasteiger partial charge < -0.3 is 20.5 Å². The average molecular weight is 242 g/mol. The summed E-state index contributed by atoms with van der Waals surface area (Å²) >= 11 is 0. The fourth-order valence-corrected chi connectivity index (χ4v) is 1.26. The van der Waals surface area contributed by atoms with Crippen molar-refractivity contribution in [1.29, 1.82) is 0 Å². The van der Waals surface area contributed by atoms with E-state index in [1.807, 2.05) is 0 Å². The lowest BCUT2D eigenvalue weighted by Crippen LogP contribution is -2.41. The van der Waals surface area contributed by atoms with Crippen molar-refractivity contribution in [3.63, 3.8) is 0 Å². The number of rotatable bonds is 5. The fraction of sp³-hybridized carbons (Fsp3) is 0.375. The monoisotopic (exact) mass is 242 g/mol. The third kappa shape index (κ3) is 3.26. The number of carbonyl (C=O) groups is 2. The number of amides is 1. The Bertz CT molecular complexity index is 455. The molecule has 92 valence electrons. The van der Waals surface area contributed by atoms with E-state index in [0.29, 0.717) is 0 Å². The summed E-state index contributed by atoms with van der Waals surface area (Å²) < 4.78 is 0. The third-order valence-electron chi connectivity index (χ3n) is 1.95. The molecule has 0 bridgehead atoms. The summed E-state index contributed by atoms with van der Waals surface area (Å²) in [5.74, 6) is -2.19. The smallest absolute Gasteiger partial charge is 0.343 e. The number of nitro groups is 1. The van der Waals surface area contributed by atoms with E-state index in [2.05, 4.69) is 15.3 Å². The van der Waals surface area contributed by atoms with Gasteiger partial charge in [0.25, 0.3) is 0 Å². The fourth-order valence-electron chi connectivity index (χ4n) is 1.26. The maximum absolute atomic E-state index is 10.8. The number of aliphatic carboxylic acids is 1. The molecule has 0 radical (unpaired) electrons. The minimum atomic E-state index is -1.28. The second-order valence-corrected chi connectivity index (χ2v) is 3.25. The minimum Gasteiger partial charge on any atom is -0.480 e. The van der Waals surface area contributed by atoms with Gasteiger partial charge in [-0.3, -0.25) is 4.79 Å². The van der Waals surface area contributed by atoms with Crippen molar-refractivity contribution in [2.45, 2.75) is 19.4 Å². The van der Waals surface area contributed by atoms with E-state index in [-0.39, 0.29) is 17.9 Å². The largest absolute Gasteiger partial charge is 0.480 e. The number of carboxylic acids is 1. The van der Waals surface area contributed by atoms with Crippen LogP contribution < -0.4 is 5.32 Å². The van der Waals surface area contributed by atoms with Crippen molar-refractivity contribution in [3.05, 3.63) is 22.1 Å². The van der Waals surface area contributed by atoms with Crippen molar-refractivity contribution in [2.75, 3.05) is 0 Å². The zero-order valence-corrected chi connectivity index (χ0v) is 8.84. The normalized spacial score (nSPS) is 11.8. The maximum Gasteiger partial charge on any atom is 0.343 e. The quantitative estimate of drug-likeness (QED) is 0.467. The number of carbonyl (C=O) groups excluding carboxylic acids is 1. The minimum absolute atomic E-state index is 0.0175. The first kappa shape index (κ1) is 12.6. The van der Waals surface area contributed by atoms with Crippen molar-refractivity contribution in [3.8, 4) is 0 Å². The number of aromatic amines is 1. The molecule has 3 N–H and O–H groups in total. The number of aromatic nitrogens is 2. The van der Waals surface area contributed by atoms with E-state index < -0.39 is 22.8 Å². The molecule has 0 aliphatic heterocycles. The van der Waals surface area contributed by atoms with Crippen LogP contribution in [0, 0.1) is 10.1 Å². The number of hydrogen-bond donors (Lipinski definition) is 3. The Morgan fingerprint density at radius 2 is 2.35 bits per heavy atom. The molecule has 9 nitrogen and oxygen atoms in total. The zero-order valence-electron chi connectivity index (χ0n) is 8.84. The topological polar surface area (TPSA) is 138 Å². The summed E-state index contributed by atoms with van der Waals surface area (Å²) in [7, 11) is 0. The van der Waals surface area contributed by atoms with Gasteiger partial charge in [-0.2, -0.15) is 0 Å². The summed E-state index contributed by atoms with van der Waals surface area (Å²) in [4.78, 5) is 37.4. The van der Waals surface area contributed by atoms with E-state index in [1.54, 1.807) is 0 Å². The molecule has 9 heteroatoms. The number of carboxylic acid groups (broad SMARTS) is 1. The molecule has 0 aliphatic carbocycles. The van der Waals surface area contributed by atoms with E-state index in [1.165, 1.54) is 0 Å². The van der Waals surface area contributed by atoms with Gasteiger partial charge in [0.2, 0.25) is 5.91 Å². The molecule has 0 aliphatic rings. The lowest BCUT2D eigenvalue weighted by Gasteiger charge is -2.11. The molecular formula is C8H10N4O5. The summed E-state index contributed by atoms with van der Waals surface area (Å²) in [6.07, 6.45) is 0.842. The van der Waals surface area contributed by atoms with Crippen LogP contribution in [0.2, 0.25) is 0 Å². The predicted octanol–water partition coefficient (Wildman–Crippen LogP) is -0.550. The highest BCUT2D eigenvalue weighted by Crippen LogP contribution is 2.14. The SMILES string of the molecule is CC(=O)NC(Cc1nc[nH]c1[N+](=O)[O-])C(=O)O. The molecule has 1 aromatic rings. The van der Waals surface area contributed by atoms with Gasteiger partial charge in [-0.15, -0.1) is 0 Å². The Kier molecular flexibility index (Phi) is 3.75. The van der Waals surface area contributed by atoms with Crippen molar-refractivity contribution >= 4 is 17.7 Å². The van der Waals surface area contributed by atoms with E-state index in [4.69, 9.17) is 5.11 Å². The Labute approximate surface area is 95.0 Å². The van der Waals surface area contributed by atoms with Crippen LogP contribution in [0.1, 0.15) is 12.6 Å². The molecule has 1 atom stereocenters. The van der Waals surface area contributed by atoms with E-state index in [9.17, 15) is 19.7 Å². The number of hydrogen-bond acceptors (Lipinski definition) is 5. The molecule has 1 aromatic heterocycles. The molecule has 0 saturated heterocycles. The van der Waals surface area contributed by atoms with Gasteiger partial charge in [0.05, 0.1) is 0 Å². The Balaban J connectivity index is 2.86. The van der Waals surface area contributed by atoms with E-state index in [0.717, 1.165) is 13.3 Å². The summed E-state index contributed by atoms with van der Waals surface area (Å²) in [5, 5.41) is 21.6. The van der Waals surface area contributed by atoms with Crippen molar-refractivity contribution < 1.29 is 19.6 Å². The molecule has 1 rings (SSSR count). The van der Waals surface area contributed by atoms with Crippen molar-refractivity contribution in [2.24, 2.45) is 0 Å². The zero-order chi connectivity index (χ0) is 13.0. The first-order valence-electron chi connectivity index (χ1n) is 4.58. The van der Waals surface area contributed by atoms with Crippen LogP contribution in [0.15, 0.2) is 6.33 Å². The van der Waals surface area contributed by atoms with Crippen molar-refractivity contribution in [1.82, 2.24) is 15.3 Å². The average Bonchev–Trinajstić information content (AvgIpc) is 2.63. The van der Waals surface area contributed by atoms with Gasteiger partial charge in [-0.1, -0.05) is 0 Å². The summed E-state index contributed by atoms with van der Waals surface area (Å²) in [5.41, 5.74) is -0.0175. The molecule has 0 saturated carbocycles. The molecule has 1 heterocycles. The van der Waals surface area contributed by atoms with Crippen LogP contribution in [0.4, 0.5) is 5.82 Å². The standard InChI is InChI=1S/C8H10N4O5/c1-4(13)11-6(8(14)15)2-5-7(12(16)17)10-3-9-5/h3,6H,2H2,1H3,(H,9,10)(H,11,13)(H,14,15). The Morgan fingerprint density at radius 3 is 2.82 bits per heavy atom. The van der Waals surface area contributed by atoms with Crippen LogP contribution in [0.25, 0.3) is 0 Å². The molecule has 0 fully saturated rings. The highest BCUT2D eigenvalue weighted by molar-refractivity contribution is 5.82. The molecule has 0 aromatic carbocycles. The number of H-pyrrole nitrogens is 1. The summed E-state index contributed by atoms with van der Waals surface area (Å²) in [6.45, 7) is 1.16. The lowest BCUT2D eigenvalue weighted by atomic mass is 10.1. The Hall–Kier alpha value is -2.45. The molecule has 1 amide bonds. The predicted molar refractivity (Wildman–Crippen MR) is 54.2 cm³/mol. The number of nitrogens with one attached hydrogen (secondary N) is 2. The van der Waals surface area contributed by atoms with Crippen LogP contribution in [-0.4, -0.2) is 37.9 Å². The van der Waals surface area contributed by atoms with Gasteiger partial charge in [0, 0.05) is 13.3 Å². The lowest BCUT2D eigenvalue weighted by molar-refractivity contribution is -0.390. The first-order valence-corrected chi connectivity index (χ1v) is 4.58. The highest BCUT2D eigenvalue weighted by Gasteiger charge is 2.25. The molecular weight excluding hydrogens is 232 g/mol. The maximum atomic E-state index is 10.8. The molecule has 0 spiro atoms. The Morgan fingerprint density at radius 1 is 1.71 bits per heavy atom. The van der Waals surface area contributed by atoms with Gasteiger partial charge >= 0.3 is 11.8 Å². The van der Waals surface area contributed by atoms with Crippen LogP contribution in [0.5, 0.6) is 0 Å². The van der Waals surface area contributed by atoms with E-state index >= 15 is 0 Å². The second kappa shape index (κ2) is 5.05. The second-order valence-electron chi connectivity index (χ2n) is 3.25. The van der Waals surface area contributed by atoms with Gasteiger partial charge in [-0.05, 0) is 4.92 Å². The number of nitrogens with zero attached hydrogens (tertiary/aromatic N) is 2. The van der Waals surface area contributed by atoms with Crippen LogP contribution in [0.3, 0.4) is 0 Å².